The standard InChI is InChI=1S/C23H28FN3O4.C23H27FN2O5/c1-30-22-5-3-2-4-17(22)8-9-27(23(29)26-10-12-31-13-11-26)16-19-7-6-18(14-20(19)24)21(28)15-25;1-29-21-6-4-3-5-17(21)9-10-26(23(28)25-11-13-31-14-12-25)16-19-8-7-18(15-20(19)24)22(27)30-2/h2-7,14H,8-13,15-16,25H2,1H3;3-8,15H,9-14,16H2,1-2H3. The Morgan fingerprint density at radius 3 is 1.44 bits per heavy atom. The fourth-order valence-electron chi connectivity index (χ4n) is 7.02. The lowest BCUT2D eigenvalue weighted by molar-refractivity contribution is 0.0426. The summed E-state index contributed by atoms with van der Waals surface area (Å²) in [6.45, 7) is 4.67. The molecule has 0 atom stereocenters. The molecule has 0 aliphatic carbocycles. The molecule has 14 nitrogen and oxygen atoms in total. The largest absolute Gasteiger partial charge is 0.496 e. The molecule has 2 aliphatic rings. The Kier molecular flexibility index (Phi) is 18.0. The molecule has 2 heterocycles. The van der Waals surface area contributed by atoms with E-state index in [9.17, 15) is 28.0 Å². The van der Waals surface area contributed by atoms with Gasteiger partial charge in [0.2, 0.25) is 0 Å². The van der Waals surface area contributed by atoms with Gasteiger partial charge in [0.1, 0.15) is 23.1 Å². The minimum Gasteiger partial charge on any atom is -0.496 e. The van der Waals surface area contributed by atoms with E-state index in [1.54, 1.807) is 46.0 Å². The highest BCUT2D eigenvalue weighted by molar-refractivity contribution is 5.97. The van der Waals surface area contributed by atoms with E-state index in [1.807, 2.05) is 48.5 Å². The topological polar surface area (TPSA) is 153 Å². The molecule has 0 aromatic heterocycles. The van der Waals surface area contributed by atoms with Gasteiger partial charge in [0.15, 0.2) is 5.78 Å². The highest BCUT2D eigenvalue weighted by Gasteiger charge is 2.26. The molecule has 4 aromatic rings. The smallest absolute Gasteiger partial charge is 0.337 e. The number of ketones is 1. The van der Waals surface area contributed by atoms with Crippen LogP contribution in [-0.2, 0) is 40.1 Å². The minimum atomic E-state index is -0.608. The fourth-order valence-corrected chi connectivity index (χ4v) is 7.02. The maximum atomic E-state index is 14.7. The lowest BCUT2D eigenvalue weighted by Crippen LogP contribution is -2.48. The van der Waals surface area contributed by atoms with Crippen molar-refractivity contribution in [1.29, 1.82) is 0 Å². The molecule has 2 saturated heterocycles. The molecule has 332 valence electrons. The van der Waals surface area contributed by atoms with E-state index in [2.05, 4.69) is 4.74 Å². The summed E-state index contributed by atoms with van der Waals surface area (Å²) >= 11 is 0. The number of morpholine rings is 2. The molecular weight excluding hydrogens is 805 g/mol. The molecule has 0 spiro atoms. The number of hydrogen-bond donors (Lipinski definition) is 1. The second-order valence-electron chi connectivity index (χ2n) is 14.5. The zero-order valence-corrected chi connectivity index (χ0v) is 35.5. The van der Waals surface area contributed by atoms with E-state index >= 15 is 0 Å². The van der Waals surface area contributed by atoms with Crippen molar-refractivity contribution >= 4 is 23.8 Å². The molecule has 0 radical (unpaired) electrons. The van der Waals surface area contributed by atoms with Crippen molar-refractivity contribution < 1.29 is 51.6 Å². The first-order chi connectivity index (χ1) is 30.1. The normalized spacial score (nSPS) is 13.6. The number of esters is 1. The molecule has 0 bridgehead atoms. The Labute approximate surface area is 361 Å². The summed E-state index contributed by atoms with van der Waals surface area (Å²) in [6.07, 6.45) is 1.12. The number of benzene rings is 4. The number of carbonyl (C=O) groups is 4. The summed E-state index contributed by atoms with van der Waals surface area (Å²) in [4.78, 5) is 56.4. The van der Waals surface area contributed by atoms with E-state index in [0.29, 0.717) is 89.7 Å². The van der Waals surface area contributed by atoms with Crippen molar-refractivity contribution in [3.63, 3.8) is 0 Å². The molecule has 0 saturated carbocycles. The van der Waals surface area contributed by atoms with Crippen LogP contribution in [0.25, 0.3) is 0 Å². The van der Waals surface area contributed by atoms with Gasteiger partial charge >= 0.3 is 18.0 Å². The SMILES string of the molecule is COC(=O)c1ccc(CN(CCc2ccccc2OC)C(=O)N2CCOCC2)c(F)c1.COc1ccccc1CCN(Cc1ccc(C(=O)CN)cc1F)C(=O)N1CCOCC1. The third-order valence-electron chi connectivity index (χ3n) is 10.5. The van der Waals surface area contributed by atoms with Crippen LogP contribution in [0.2, 0.25) is 0 Å². The number of rotatable bonds is 15. The molecule has 2 aliphatic heterocycles. The third kappa shape index (κ3) is 13.0. The first-order valence-electron chi connectivity index (χ1n) is 20.4. The Morgan fingerprint density at radius 1 is 0.613 bits per heavy atom. The number of Topliss-reactive ketones (excluding diaryl/α,β-unsaturated/α-hetero) is 1. The zero-order chi connectivity index (χ0) is 44.4. The number of methoxy groups -OCH3 is 3. The number of para-hydroxylation sites is 2. The van der Waals surface area contributed by atoms with Crippen molar-refractivity contribution in [3.05, 3.63) is 130 Å². The highest BCUT2D eigenvalue weighted by Crippen LogP contribution is 2.22. The number of nitrogens with zero attached hydrogens (tertiary/aromatic N) is 4. The second-order valence-corrected chi connectivity index (χ2v) is 14.5. The lowest BCUT2D eigenvalue weighted by Gasteiger charge is -2.33. The number of ether oxygens (including phenoxy) is 5. The molecule has 2 fully saturated rings. The van der Waals surface area contributed by atoms with Crippen LogP contribution in [-0.4, -0.2) is 137 Å². The van der Waals surface area contributed by atoms with Gasteiger partial charge < -0.3 is 49.0 Å². The Morgan fingerprint density at radius 2 is 1.03 bits per heavy atom. The van der Waals surface area contributed by atoms with Gasteiger partial charge in [0, 0.05) is 56.0 Å². The molecule has 2 N–H and O–H groups in total. The van der Waals surface area contributed by atoms with Gasteiger partial charge in [-0.25, -0.2) is 23.2 Å². The van der Waals surface area contributed by atoms with Crippen molar-refractivity contribution in [2.75, 3.05) is 93.6 Å². The number of halogens is 2. The highest BCUT2D eigenvalue weighted by atomic mass is 19.1. The average molecular weight is 860 g/mol. The maximum absolute atomic E-state index is 14.7. The summed E-state index contributed by atoms with van der Waals surface area (Å²) in [5.74, 6) is -0.533. The van der Waals surface area contributed by atoms with Crippen LogP contribution in [0.15, 0.2) is 84.9 Å². The summed E-state index contributed by atoms with van der Waals surface area (Å²) in [6, 6.07) is 23.3. The van der Waals surface area contributed by atoms with Crippen molar-refractivity contribution in [3.8, 4) is 11.5 Å². The van der Waals surface area contributed by atoms with Crippen LogP contribution in [0.3, 0.4) is 0 Å². The van der Waals surface area contributed by atoms with E-state index in [1.165, 1.54) is 25.3 Å². The van der Waals surface area contributed by atoms with Crippen LogP contribution in [0.1, 0.15) is 43.0 Å². The fraction of sp³-hybridized carbons (Fsp3) is 0.391. The van der Waals surface area contributed by atoms with Crippen LogP contribution in [0, 0.1) is 11.6 Å². The third-order valence-corrected chi connectivity index (χ3v) is 10.5. The van der Waals surface area contributed by atoms with Crippen molar-refractivity contribution in [2.24, 2.45) is 5.73 Å². The van der Waals surface area contributed by atoms with E-state index in [4.69, 9.17) is 24.7 Å². The zero-order valence-electron chi connectivity index (χ0n) is 35.5. The number of hydrogen-bond acceptors (Lipinski definition) is 10. The van der Waals surface area contributed by atoms with Gasteiger partial charge in [-0.15, -0.1) is 0 Å². The first kappa shape index (κ1) is 47.0. The van der Waals surface area contributed by atoms with Gasteiger partial charge in [-0.05, 0) is 54.3 Å². The lowest BCUT2D eigenvalue weighted by atomic mass is 10.1. The molecule has 4 aromatic carbocycles. The van der Waals surface area contributed by atoms with E-state index in [0.717, 1.165) is 28.7 Å². The quantitative estimate of drug-likeness (QED) is 0.118. The summed E-state index contributed by atoms with van der Waals surface area (Å²) in [7, 11) is 4.46. The van der Waals surface area contributed by atoms with Gasteiger partial charge in [-0.1, -0.05) is 54.6 Å². The van der Waals surface area contributed by atoms with Crippen molar-refractivity contribution in [2.45, 2.75) is 25.9 Å². The second kappa shape index (κ2) is 23.8. The number of carbonyl (C=O) groups excluding carboxylic acids is 4. The average Bonchev–Trinajstić information content (AvgIpc) is 3.32. The first-order valence-corrected chi connectivity index (χ1v) is 20.4. The predicted octanol–water partition coefficient (Wildman–Crippen LogP) is 5.59. The van der Waals surface area contributed by atoms with E-state index < -0.39 is 17.6 Å². The predicted molar refractivity (Wildman–Crippen MR) is 227 cm³/mol. The molecule has 0 unspecified atom stereocenters. The number of urea groups is 2. The minimum absolute atomic E-state index is 0.0820. The van der Waals surface area contributed by atoms with Crippen LogP contribution < -0.4 is 15.2 Å². The summed E-state index contributed by atoms with van der Waals surface area (Å²) in [5, 5.41) is 0. The Balaban J connectivity index is 0.000000234. The van der Waals surface area contributed by atoms with E-state index in [-0.39, 0.29) is 48.6 Å². The Bertz CT molecular complexity index is 1980. The van der Waals surface area contributed by atoms with Gasteiger partial charge in [-0.2, -0.15) is 0 Å². The molecule has 16 heteroatoms. The van der Waals surface area contributed by atoms with Crippen molar-refractivity contribution in [1.82, 2.24) is 19.6 Å². The maximum Gasteiger partial charge on any atom is 0.337 e. The number of nitrogens with two attached hydrogens (primary N) is 1. The number of amides is 4. The van der Waals surface area contributed by atoms with Crippen LogP contribution in [0.4, 0.5) is 18.4 Å². The van der Waals surface area contributed by atoms with Gasteiger partial charge in [0.25, 0.3) is 0 Å². The molecule has 4 amide bonds. The molecular formula is C46H55F2N5O9. The summed E-state index contributed by atoms with van der Waals surface area (Å²) in [5.41, 5.74) is 8.32. The molecule has 62 heavy (non-hydrogen) atoms. The van der Waals surface area contributed by atoms with Crippen LogP contribution in [0.5, 0.6) is 11.5 Å². The van der Waals surface area contributed by atoms with Gasteiger partial charge in [0.05, 0.1) is 73.0 Å². The summed E-state index contributed by atoms with van der Waals surface area (Å²) < 4.78 is 55.5. The Hall–Kier alpha value is -6.10. The monoisotopic (exact) mass is 859 g/mol. The van der Waals surface area contributed by atoms with Crippen LogP contribution >= 0.6 is 0 Å². The van der Waals surface area contributed by atoms with Gasteiger partial charge in [-0.3, -0.25) is 4.79 Å². The molecule has 6 rings (SSSR count).